The van der Waals surface area contributed by atoms with Crippen LogP contribution < -0.4 is 12.4 Å². The van der Waals surface area contributed by atoms with E-state index in [1.165, 1.54) is 4.31 Å². The van der Waals surface area contributed by atoms with E-state index < -0.39 is 0 Å². The second-order valence-corrected chi connectivity index (χ2v) is 5.56. The highest BCUT2D eigenvalue weighted by atomic mass is 35.5. The monoisotopic (exact) mass is 251 g/mol. The van der Waals surface area contributed by atoms with Gasteiger partial charge in [-0.1, -0.05) is 18.2 Å². The van der Waals surface area contributed by atoms with E-state index >= 15 is 0 Å². The van der Waals surface area contributed by atoms with Gasteiger partial charge in [0, 0.05) is 12.8 Å². The summed E-state index contributed by atoms with van der Waals surface area (Å²) in [5.74, 6) is 2.04. The van der Waals surface area contributed by atoms with Gasteiger partial charge in [0.1, 0.15) is 22.6 Å². The summed E-state index contributed by atoms with van der Waals surface area (Å²) in [6.45, 7) is 4.20. The Bertz CT molecular complexity index is 213. The van der Waals surface area contributed by atoms with Crippen molar-refractivity contribution in [1.82, 2.24) is 4.31 Å². The van der Waals surface area contributed by atoms with Crippen LogP contribution in [0.4, 0.5) is 0 Å². The van der Waals surface area contributed by atoms with Crippen molar-refractivity contribution in [1.29, 1.82) is 0 Å². The fraction of sp³-hybridized carbons (Fsp3) is 0.800. The van der Waals surface area contributed by atoms with Crippen LogP contribution in [0.1, 0.15) is 39.5 Å². The van der Waals surface area contributed by atoms with Gasteiger partial charge in [-0.2, -0.15) is 0 Å². The lowest BCUT2D eigenvalue weighted by Crippen LogP contribution is -3.00. The lowest BCUT2D eigenvalue weighted by Gasteiger charge is -2.14. The van der Waals surface area contributed by atoms with Crippen LogP contribution in [-0.4, -0.2) is 27.6 Å². The van der Waals surface area contributed by atoms with Crippen molar-refractivity contribution in [2.24, 2.45) is 0 Å². The molecule has 1 rings (SSSR count). The summed E-state index contributed by atoms with van der Waals surface area (Å²) in [5.41, 5.74) is 0. The number of halogens is 1. The topological polar surface area (TPSA) is 37.4 Å². The molecule has 0 unspecified atom stereocenters. The minimum absolute atomic E-state index is 0. The Morgan fingerprint density at radius 1 is 1.07 bits per heavy atom. The first-order chi connectivity index (χ1) is 6.70. The predicted molar refractivity (Wildman–Crippen MR) is 58.8 cm³/mol. The maximum atomic E-state index is 11.5. The predicted octanol–water partition coefficient (Wildman–Crippen LogP) is -1.51. The molecule has 1 aliphatic rings. The first-order valence-electron chi connectivity index (χ1n) is 5.24. The Hall–Kier alpha value is -0.220. The van der Waals surface area contributed by atoms with Gasteiger partial charge in [-0.3, -0.25) is 9.59 Å². The summed E-state index contributed by atoms with van der Waals surface area (Å²) in [6.07, 6.45) is 2.94. The summed E-state index contributed by atoms with van der Waals surface area (Å²) in [6, 6.07) is 0. The summed E-state index contributed by atoms with van der Waals surface area (Å²) >= 11 is -0.126. The molecule has 2 amide bonds. The number of imide groups is 1. The van der Waals surface area contributed by atoms with E-state index in [1.54, 1.807) is 0 Å². The molecule has 0 atom stereocenters. The van der Waals surface area contributed by atoms with E-state index in [-0.39, 0.29) is 35.3 Å². The standard InChI is InChI=1S/C10H18NO2S.ClH/c1-3-7-14(8-4-2)11-9(12)5-6-10(11)13;/h3-8H2,1-2H3;1H/q+1;/p-1. The van der Waals surface area contributed by atoms with E-state index in [4.69, 9.17) is 0 Å². The molecule has 5 heteroatoms. The van der Waals surface area contributed by atoms with Crippen molar-refractivity contribution in [3.63, 3.8) is 0 Å². The lowest BCUT2D eigenvalue weighted by molar-refractivity contribution is -0.132. The minimum atomic E-state index is -0.126. The van der Waals surface area contributed by atoms with Gasteiger partial charge in [0.05, 0.1) is 0 Å². The number of carbonyl (C=O) groups excluding carboxylic acids is 2. The van der Waals surface area contributed by atoms with Gasteiger partial charge in [-0.05, 0) is 12.8 Å². The molecule has 0 saturated carbocycles. The molecule has 1 aliphatic heterocycles. The van der Waals surface area contributed by atoms with Crippen LogP contribution in [0.25, 0.3) is 0 Å². The van der Waals surface area contributed by atoms with Crippen LogP contribution >= 0.6 is 0 Å². The Morgan fingerprint density at radius 2 is 1.47 bits per heavy atom. The first kappa shape index (κ1) is 14.8. The molecule has 15 heavy (non-hydrogen) atoms. The molecular formula is C10H18ClNO2S. The summed E-state index contributed by atoms with van der Waals surface area (Å²) < 4.78 is 1.53. The second-order valence-electron chi connectivity index (χ2n) is 3.45. The molecule has 0 bridgehead atoms. The second kappa shape index (κ2) is 7.12. The molecule has 0 spiro atoms. The van der Waals surface area contributed by atoms with E-state index in [2.05, 4.69) is 13.8 Å². The van der Waals surface area contributed by atoms with Crippen molar-refractivity contribution < 1.29 is 22.0 Å². The molecule has 1 saturated heterocycles. The van der Waals surface area contributed by atoms with Gasteiger partial charge in [0.25, 0.3) is 11.8 Å². The quantitative estimate of drug-likeness (QED) is 0.440. The van der Waals surface area contributed by atoms with Crippen LogP contribution in [0.2, 0.25) is 0 Å². The zero-order chi connectivity index (χ0) is 10.6. The molecule has 1 fully saturated rings. The number of hydrogen-bond acceptors (Lipinski definition) is 2. The van der Waals surface area contributed by atoms with Gasteiger partial charge in [-0.25, -0.2) is 0 Å². The van der Waals surface area contributed by atoms with E-state index in [0.29, 0.717) is 12.8 Å². The number of carbonyl (C=O) groups is 2. The average molecular weight is 252 g/mol. The summed E-state index contributed by atoms with van der Waals surface area (Å²) in [5, 5.41) is 0. The third kappa shape index (κ3) is 3.68. The lowest BCUT2D eigenvalue weighted by atomic mass is 10.4. The smallest absolute Gasteiger partial charge is 0.273 e. The molecule has 88 valence electrons. The highest BCUT2D eigenvalue weighted by Gasteiger charge is 2.41. The van der Waals surface area contributed by atoms with Crippen LogP contribution in [0, 0.1) is 0 Å². The van der Waals surface area contributed by atoms with Gasteiger partial charge in [-0.15, -0.1) is 0 Å². The normalized spacial score (nSPS) is 16.1. The fourth-order valence-corrected chi connectivity index (χ4v) is 3.87. The molecule has 0 aromatic carbocycles. The van der Waals surface area contributed by atoms with E-state index in [0.717, 1.165) is 24.3 Å². The van der Waals surface area contributed by atoms with Gasteiger partial charge in [0.2, 0.25) is 0 Å². The Morgan fingerprint density at radius 3 is 1.80 bits per heavy atom. The first-order valence-corrected chi connectivity index (χ1v) is 6.76. The highest BCUT2D eigenvalue weighted by Crippen LogP contribution is 2.19. The molecule has 1 heterocycles. The fourth-order valence-electron chi connectivity index (χ4n) is 1.60. The Labute approximate surface area is 100 Å². The summed E-state index contributed by atoms with van der Waals surface area (Å²) in [7, 11) is 0. The Balaban J connectivity index is 0.00000196. The third-order valence-corrected chi connectivity index (χ3v) is 4.83. The van der Waals surface area contributed by atoms with Gasteiger partial charge < -0.3 is 12.4 Å². The van der Waals surface area contributed by atoms with Crippen molar-refractivity contribution in [2.45, 2.75) is 39.5 Å². The molecule has 0 radical (unpaired) electrons. The average Bonchev–Trinajstić information content (AvgIpc) is 2.46. The number of rotatable bonds is 5. The third-order valence-electron chi connectivity index (χ3n) is 2.14. The van der Waals surface area contributed by atoms with Crippen molar-refractivity contribution in [2.75, 3.05) is 11.5 Å². The molecular weight excluding hydrogens is 234 g/mol. The molecule has 0 aromatic rings. The number of hydrogen-bond donors (Lipinski definition) is 0. The van der Waals surface area contributed by atoms with Crippen molar-refractivity contribution >= 4 is 22.9 Å². The van der Waals surface area contributed by atoms with Crippen LogP contribution in [0.5, 0.6) is 0 Å². The zero-order valence-electron chi connectivity index (χ0n) is 9.29. The maximum absolute atomic E-state index is 11.5. The van der Waals surface area contributed by atoms with E-state index in [9.17, 15) is 9.59 Å². The number of nitrogens with zero attached hydrogens (tertiary/aromatic N) is 1. The molecule has 3 nitrogen and oxygen atoms in total. The zero-order valence-corrected chi connectivity index (χ0v) is 10.9. The van der Waals surface area contributed by atoms with Crippen LogP contribution in [-0.2, 0) is 20.7 Å². The number of amides is 2. The Kier molecular flexibility index (Phi) is 7.02. The largest absolute Gasteiger partial charge is 1.00 e. The van der Waals surface area contributed by atoms with E-state index in [1.807, 2.05) is 0 Å². The van der Waals surface area contributed by atoms with Crippen LogP contribution in [0.15, 0.2) is 0 Å². The molecule has 0 aliphatic carbocycles. The highest BCUT2D eigenvalue weighted by molar-refractivity contribution is 7.95. The summed E-state index contributed by atoms with van der Waals surface area (Å²) in [4.78, 5) is 23.0. The molecule has 0 N–H and O–H groups in total. The minimum Gasteiger partial charge on any atom is -1.00 e. The van der Waals surface area contributed by atoms with Gasteiger partial charge >= 0.3 is 0 Å². The van der Waals surface area contributed by atoms with Crippen molar-refractivity contribution in [3.05, 3.63) is 0 Å². The molecule has 0 aromatic heterocycles. The van der Waals surface area contributed by atoms with Crippen molar-refractivity contribution in [3.8, 4) is 0 Å². The van der Waals surface area contributed by atoms with Crippen LogP contribution in [0.3, 0.4) is 0 Å². The SMILES string of the molecule is CCC[S+](CCC)N1C(=O)CCC1=O.[Cl-]. The maximum Gasteiger partial charge on any atom is 0.273 e. The van der Waals surface area contributed by atoms with Gasteiger partial charge in [0.15, 0.2) is 0 Å².